The van der Waals surface area contributed by atoms with Crippen LogP contribution in [0.2, 0.25) is 0 Å². The molecule has 0 fully saturated rings. The lowest BCUT2D eigenvalue weighted by Crippen LogP contribution is -2.52. The van der Waals surface area contributed by atoms with Crippen molar-refractivity contribution in [1.29, 1.82) is 0 Å². The summed E-state index contributed by atoms with van der Waals surface area (Å²) in [5.41, 5.74) is 0.828. The van der Waals surface area contributed by atoms with E-state index in [4.69, 9.17) is 4.74 Å². The van der Waals surface area contributed by atoms with Crippen LogP contribution < -0.4 is 19.5 Å². The molecule has 0 radical (unpaired) electrons. The fourth-order valence-electron chi connectivity index (χ4n) is 2.72. The number of carbonyl (C=O) groups excluding carboxylic acids is 3. The molecule has 4 N–H and O–H groups in total. The minimum Gasteiger partial charge on any atom is -0.448 e. The highest BCUT2D eigenvalue weighted by molar-refractivity contribution is 14.1. The van der Waals surface area contributed by atoms with Crippen molar-refractivity contribution in [2.45, 2.75) is 57.9 Å². The fraction of sp³-hybridized carbons (Fsp3) is 0.714. The van der Waals surface area contributed by atoms with E-state index >= 15 is 0 Å². The van der Waals surface area contributed by atoms with Gasteiger partial charge in [-0.05, 0) is 12.3 Å². The van der Waals surface area contributed by atoms with Gasteiger partial charge in [0.25, 0.3) is 0 Å². The quantitative estimate of drug-likeness (QED) is 0.0935. The molecule has 0 bridgehead atoms. The summed E-state index contributed by atoms with van der Waals surface area (Å²) in [6.07, 6.45) is 0.0102. The minimum atomic E-state index is -0.673. The first kappa shape index (κ1) is 30.7. The molecule has 1 heterocycles. The molecule has 0 aliphatic heterocycles. The predicted octanol–water partition coefficient (Wildman–Crippen LogP) is 2.90. The van der Waals surface area contributed by atoms with Gasteiger partial charge in [-0.25, -0.2) is 14.6 Å². The number of urea groups is 1. The number of ether oxygens (including phenoxy) is 1. The Kier molecular flexibility index (Phi) is 14.8. The molecule has 0 saturated carbocycles. The summed E-state index contributed by atoms with van der Waals surface area (Å²) >= 11 is 7.87. The van der Waals surface area contributed by atoms with E-state index in [0.29, 0.717) is 38.5 Å². The van der Waals surface area contributed by atoms with Gasteiger partial charge in [-0.3, -0.25) is 8.32 Å². The van der Waals surface area contributed by atoms with Gasteiger partial charge < -0.3 is 25.6 Å². The van der Waals surface area contributed by atoms with E-state index in [0.717, 1.165) is 10.7 Å². The summed E-state index contributed by atoms with van der Waals surface area (Å²) in [4.78, 5) is 43.0. The van der Waals surface area contributed by atoms with Crippen molar-refractivity contribution in [2.75, 3.05) is 33.3 Å². The molecule has 4 amide bonds. The maximum atomic E-state index is 12.6. The second-order valence-electron chi connectivity index (χ2n) is 8.52. The van der Waals surface area contributed by atoms with Gasteiger partial charge in [0, 0.05) is 66.1 Å². The highest BCUT2D eigenvalue weighted by Crippen LogP contribution is 2.19. The average molecular weight is 629 g/mol. The van der Waals surface area contributed by atoms with E-state index < -0.39 is 12.1 Å². The zero-order valence-corrected chi connectivity index (χ0v) is 24.3. The maximum absolute atomic E-state index is 12.6. The Morgan fingerprint density at radius 3 is 2.47 bits per heavy atom. The smallest absolute Gasteiger partial charge is 0.407 e. The zero-order valence-electron chi connectivity index (χ0n) is 20.4. The van der Waals surface area contributed by atoms with Crippen LogP contribution in [0.1, 0.15) is 50.7 Å². The molecule has 2 atom stereocenters. The van der Waals surface area contributed by atoms with E-state index in [1.54, 1.807) is 18.4 Å². The monoisotopic (exact) mass is 628 g/mol. The van der Waals surface area contributed by atoms with E-state index in [1.807, 2.05) is 42.1 Å². The van der Waals surface area contributed by atoms with Gasteiger partial charge in [0.2, 0.25) is 5.91 Å². The van der Waals surface area contributed by atoms with Crippen LogP contribution in [0.3, 0.4) is 0 Å². The predicted molar refractivity (Wildman–Crippen MR) is 147 cm³/mol. The van der Waals surface area contributed by atoms with Gasteiger partial charge >= 0.3 is 12.1 Å². The number of alkyl carbamates (subject to hydrolysis) is 1. The largest absolute Gasteiger partial charge is 0.448 e. The number of aromatic nitrogens is 1. The first-order valence-corrected chi connectivity index (χ1v) is 13.7. The molecule has 34 heavy (non-hydrogen) atoms. The molecule has 0 spiro atoms. The summed E-state index contributed by atoms with van der Waals surface area (Å²) in [6.45, 7) is 9.81. The summed E-state index contributed by atoms with van der Waals surface area (Å²) < 4.78 is 7.98. The van der Waals surface area contributed by atoms with Crippen molar-refractivity contribution < 1.29 is 19.1 Å². The number of rotatable bonds is 14. The lowest BCUT2D eigenvalue weighted by Gasteiger charge is -2.25. The molecule has 1 aromatic rings. The van der Waals surface area contributed by atoms with Crippen molar-refractivity contribution in [2.24, 2.45) is 5.92 Å². The minimum absolute atomic E-state index is 0.0804. The Labute approximate surface area is 225 Å². The normalized spacial score (nSPS) is 12.9. The summed E-state index contributed by atoms with van der Waals surface area (Å²) in [6, 6.07) is -1.01. The SMILES string of the molecule is CC(C)c1nc(CN(C)C(=O)NC(C(=O)NCCCNC(=O)OCC(S)CNI)C(C)C)cs1. The van der Waals surface area contributed by atoms with Crippen molar-refractivity contribution >= 4 is 64.9 Å². The van der Waals surface area contributed by atoms with Crippen LogP contribution in [0.25, 0.3) is 0 Å². The number of nitrogens with zero attached hydrogens (tertiary/aromatic N) is 2. The van der Waals surface area contributed by atoms with E-state index in [1.165, 1.54) is 4.90 Å². The highest BCUT2D eigenvalue weighted by Gasteiger charge is 2.25. The Morgan fingerprint density at radius 2 is 1.88 bits per heavy atom. The van der Waals surface area contributed by atoms with E-state index in [9.17, 15) is 14.4 Å². The molecule has 194 valence electrons. The molecule has 13 heteroatoms. The van der Waals surface area contributed by atoms with Crippen LogP contribution in [-0.2, 0) is 16.1 Å². The number of thiol groups is 1. The van der Waals surface area contributed by atoms with Gasteiger partial charge in [-0.2, -0.15) is 12.6 Å². The molecule has 10 nitrogen and oxygen atoms in total. The number of carbonyl (C=O) groups is 3. The molecule has 2 unspecified atom stereocenters. The first-order chi connectivity index (χ1) is 16.0. The zero-order chi connectivity index (χ0) is 25.7. The first-order valence-electron chi connectivity index (χ1n) is 11.2. The Bertz CT molecular complexity index is 780. The van der Waals surface area contributed by atoms with E-state index in [2.05, 4.69) is 50.9 Å². The number of hydrogen-bond donors (Lipinski definition) is 5. The summed E-state index contributed by atoms with van der Waals surface area (Å²) in [5.74, 6) is -0.0148. The number of thiazole rings is 1. The lowest BCUT2D eigenvalue weighted by atomic mass is 10.0. The number of amides is 4. The molecule has 1 aromatic heterocycles. The highest BCUT2D eigenvalue weighted by atomic mass is 127. The van der Waals surface area contributed by atoms with Gasteiger partial charge in [0.05, 0.1) is 17.2 Å². The molecule has 0 aromatic carbocycles. The van der Waals surface area contributed by atoms with Crippen LogP contribution >= 0.6 is 46.8 Å². The number of halogens is 1. The molecule has 0 aliphatic rings. The average Bonchev–Trinajstić information content (AvgIpc) is 3.24. The van der Waals surface area contributed by atoms with Crippen molar-refractivity contribution in [3.8, 4) is 0 Å². The molecule has 1 rings (SSSR count). The van der Waals surface area contributed by atoms with Crippen molar-refractivity contribution in [1.82, 2.24) is 29.4 Å². The van der Waals surface area contributed by atoms with Crippen LogP contribution in [0.5, 0.6) is 0 Å². The third-order valence-electron chi connectivity index (χ3n) is 4.68. The Morgan fingerprint density at radius 1 is 1.21 bits per heavy atom. The van der Waals surface area contributed by atoms with Crippen LogP contribution in [0.15, 0.2) is 5.38 Å². The maximum Gasteiger partial charge on any atom is 0.407 e. The second-order valence-corrected chi connectivity index (χ2v) is 10.9. The van der Waals surface area contributed by atoms with Gasteiger partial charge in [-0.15, -0.1) is 11.3 Å². The van der Waals surface area contributed by atoms with E-state index in [-0.39, 0.29) is 29.7 Å². The summed E-state index contributed by atoms with van der Waals surface area (Å²) in [7, 11) is 1.68. The third-order valence-corrected chi connectivity index (χ3v) is 6.65. The Balaban J connectivity index is 2.38. The standard InChI is InChI=1S/C21H37IN6O4S2/c1-13(2)17(27-20(30)28(5)10-15-12-34-19(26-15)14(3)4)18(29)23-7-6-8-24-21(31)32-11-16(33)9-25-22/h12-14,16-17,25,33H,6-11H2,1-5H3,(H,23,29)(H,24,31)(H,27,30). The van der Waals surface area contributed by atoms with Crippen LogP contribution in [0, 0.1) is 5.92 Å². The van der Waals surface area contributed by atoms with Crippen LogP contribution in [0.4, 0.5) is 9.59 Å². The van der Waals surface area contributed by atoms with Crippen LogP contribution in [-0.4, -0.2) is 72.5 Å². The number of hydrogen-bond acceptors (Lipinski definition) is 8. The molecule has 0 aliphatic carbocycles. The van der Waals surface area contributed by atoms with Gasteiger partial charge in [0.15, 0.2) is 0 Å². The summed E-state index contributed by atoms with van der Waals surface area (Å²) in [5, 5.41) is 11.2. The van der Waals surface area contributed by atoms with Gasteiger partial charge in [0.1, 0.15) is 12.6 Å². The topological polar surface area (TPSA) is 125 Å². The molecular formula is C21H37IN6O4S2. The molecule has 0 saturated heterocycles. The van der Waals surface area contributed by atoms with Crippen molar-refractivity contribution in [3.63, 3.8) is 0 Å². The second kappa shape index (κ2) is 16.4. The van der Waals surface area contributed by atoms with Crippen molar-refractivity contribution in [3.05, 3.63) is 16.1 Å². The number of nitrogens with one attached hydrogen (secondary N) is 4. The lowest BCUT2D eigenvalue weighted by molar-refractivity contribution is -0.123. The fourth-order valence-corrected chi connectivity index (χ4v) is 4.60. The Hall–Kier alpha value is -1.32. The third kappa shape index (κ3) is 11.9. The van der Waals surface area contributed by atoms with Gasteiger partial charge in [-0.1, -0.05) is 27.7 Å². The molecular weight excluding hydrogens is 591 g/mol.